The fourth-order valence-electron chi connectivity index (χ4n) is 1.87. The summed E-state index contributed by atoms with van der Waals surface area (Å²) in [6, 6.07) is 9.16. The van der Waals surface area contributed by atoms with Gasteiger partial charge in [-0.3, -0.25) is 9.78 Å². The van der Waals surface area contributed by atoms with E-state index < -0.39 is 0 Å². The Morgan fingerprint density at radius 3 is 2.82 bits per heavy atom. The van der Waals surface area contributed by atoms with E-state index in [4.69, 9.17) is 9.47 Å². The number of ether oxygens (including phenoxy) is 2. The minimum absolute atomic E-state index is 0.179. The molecule has 0 unspecified atom stereocenters. The summed E-state index contributed by atoms with van der Waals surface area (Å²) in [5.41, 5.74) is 1.76. The average molecular weight is 298 g/mol. The van der Waals surface area contributed by atoms with E-state index in [0.29, 0.717) is 18.0 Å². The standard InChI is InChI=1S/C17H18N2O3/c1-21-15-7-5-14(16(10-15)22-2)6-8-17(20)19-12-13-4-3-9-18-11-13/h3-11H,12H2,1-2H3,(H,19,20)/b8-6+. The fraction of sp³-hybridized carbons (Fsp3) is 0.176. The van der Waals surface area contributed by atoms with Crippen molar-refractivity contribution in [3.05, 3.63) is 59.9 Å². The lowest BCUT2D eigenvalue weighted by Gasteiger charge is -2.07. The molecular weight excluding hydrogens is 280 g/mol. The quantitative estimate of drug-likeness (QED) is 0.832. The number of methoxy groups -OCH3 is 2. The van der Waals surface area contributed by atoms with Crippen LogP contribution in [0.2, 0.25) is 0 Å². The van der Waals surface area contributed by atoms with Crippen LogP contribution in [0.1, 0.15) is 11.1 Å². The molecule has 0 atom stereocenters. The summed E-state index contributed by atoms with van der Waals surface area (Å²) in [7, 11) is 3.17. The van der Waals surface area contributed by atoms with E-state index >= 15 is 0 Å². The molecule has 5 nitrogen and oxygen atoms in total. The van der Waals surface area contributed by atoms with Crippen LogP contribution in [0.25, 0.3) is 6.08 Å². The number of aromatic nitrogens is 1. The van der Waals surface area contributed by atoms with Gasteiger partial charge in [0, 0.05) is 36.6 Å². The molecule has 1 amide bonds. The first-order valence-corrected chi connectivity index (χ1v) is 6.80. The van der Waals surface area contributed by atoms with Crippen molar-refractivity contribution in [2.24, 2.45) is 0 Å². The summed E-state index contributed by atoms with van der Waals surface area (Å²) in [5, 5.41) is 2.80. The lowest BCUT2D eigenvalue weighted by Crippen LogP contribution is -2.20. The van der Waals surface area contributed by atoms with Crippen molar-refractivity contribution in [1.82, 2.24) is 10.3 Å². The van der Waals surface area contributed by atoms with Gasteiger partial charge >= 0.3 is 0 Å². The lowest BCUT2D eigenvalue weighted by atomic mass is 10.1. The van der Waals surface area contributed by atoms with E-state index in [9.17, 15) is 4.79 Å². The Balaban J connectivity index is 1.97. The third kappa shape index (κ3) is 4.34. The van der Waals surface area contributed by atoms with Gasteiger partial charge < -0.3 is 14.8 Å². The van der Waals surface area contributed by atoms with Gasteiger partial charge in [0.2, 0.25) is 5.91 Å². The molecule has 2 aromatic rings. The van der Waals surface area contributed by atoms with Crippen molar-refractivity contribution in [2.75, 3.05) is 14.2 Å². The molecule has 1 aromatic heterocycles. The van der Waals surface area contributed by atoms with Crippen molar-refractivity contribution in [3.63, 3.8) is 0 Å². The molecule has 0 saturated heterocycles. The molecule has 0 aliphatic heterocycles. The molecule has 22 heavy (non-hydrogen) atoms. The van der Waals surface area contributed by atoms with Crippen LogP contribution in [-0.4, -0.2) is 25.1 Å². The van der Waals surface area contributed by atoms with E-state index in [1.54, 1.807) is 38.8 Å². The Morgan fingerprint density at radius 2 is 2.14 bits per heavy atom. The summed E-state index contributed by atoms with van der Waals surface area (Å²) < 4.78 is 10.4. The first-order valence-electron chi connectivity index (χ1n) is 6.80. The van der Waals surface area contributed by atoms with Crippen LogP contribution in [0.4, 0.5) is 0 Å². The van der Waals surface area contributed by atoms with Gasteiger partial charge in [0.05, 0.1) is 14.2 Å². The first kappa shape index (κ1) is 15.6. The largest absolute Gasteiger partial charge is 0.497 e. The van der Waals surface area contributed by atoms with E-state index in [-0.39, 0.29) is 5.91 Å². The van der Waals surface area contributed by atoms with Gasteiger partial charge in [-0.05, 0) is 29.8 Å². The fourth-order valence-corrected chi connectivity index (χ4v) is 1.87. The van der Waals surface area contributed by atoms with Gasteiger partial charge in [0.25, 0.3) is 0 Å². The highest BCUT2D eigenvalue weighted by atomic mass is 16.5. The van der Waals surface area contributed by atoms with Crippen LogP contribution in [0.15, 0.2) is 48.8 Å². The highest BCUT2D eigenvalue weighted by Crippen LogP contribution is 2.25. The number of amides is 1. The molecular formula is C17H18N2O3. The Bertz CT molecular complexity index is 654. The normalized spacial score (nSPS) is 10.5. The predicted molar refractivity (Wildman–Crippen MR) is 84.7 cm³/mol. The van der Waals surface area contributed by atoms with Gasteiger partial charge in [0.1, 0.15) is 11.5 Å². The van der Waals surface area contributed by atoms with Crippen LogP contribution < -0.4 is 14.8 Å². The second kappa shape index (κ2) is 7.83. The summed E-state index contributed by atoms with van der Waals surface area (Å²) in [5.74, 6) is 1.17. The molecule has 0 spiro atoms. The van der Waals surface area contributed by atoms with E-state index in [0.717, 1.165) is 11.1 Å². The number of carbonyl (C=O) groups is 1. The predicted octanol–water partition coefficient (Wildman–Crippen LogP) is 2.43. The van der Waals surface area contributed by atoms with Crippen molar-refractivity contribution in [2.45, 2.75) is 6.54 Å². The number of nitrogens with zero attached hydrogens (tertiary/aromatic N) is 1. The molecule has 114 valence electrons. The molecule has 0 saturated carbocycles. The number of pyridine rings is 1. The minimum Gasteiger partial charge on any atom is -0.497 e. The molecule has 5 heteroatoms. The van der Waals surface area contributed by atoms with Crippen LogP contribution >= 0.6 is 0 Å². The topological polar surface area (TPSA) is 60.5 Å². The summed E-state index contributed by atoms with van der Waals surface area (Å²) in [6.07, 6.45) is 6.59. The molecule has 1 heterocycles. The van der Waals surface area contributed by atoms with Crippen LogP contribution in [-0.2, 0) is 11.3 Å². The first-order chi connectivity index (χ1) is 10.7. The van der Waals surface area contributed by atoms with Crippen molar-refractivity contribution < 1.29 is 14.3 Å². The molecule has 0 bridgehead atoms. The molecule has 0 radical (unpaired) electrons. The third-order valence-electron chi connectivity index (χ3n) is 3.04. The Labute approximate surface area is 129 Å². The van der Waals surface area contributed by atoms with Crippen LogP contribution in [0, 0.1) is 0 Å². The molecule has 1 N–H and O–H groups in total. The van der Waals surface area contributed by atoms with E-state index in [1.165, 1.54) is 6.08 Å². The van der Waals surface area contributed by atoms with Gasteiger partial charge in [0.15, 0.2) is 0 Å². The Hall–Kier alpha value is -2.82. The second-order valence-electron chi connectivity index (χ2n) is 4.52. The maximum absolute atomic E-state index is 11.8. The maximum atomic E-state index is 11.8. The number of benzene rings is 1. The molecule has 1 aromatic carbocycles. The zero-order valence-corrected chi connectivity index (χ0v) is 12.6. The van der Waals surface area contributed by atoms with Crippen molar-refractivity contribution in [1.29, 1.82) is 0 Å². The molecule has 0 aliphatic carbocycles. The monoisotopic (exact) mass is 298 g/mol. The molecule has 0 fully saturated rings. The number of nitrogens with one attached hydrogen (secondary N) is 1. The Morgan fingerprint density at radius 1 is 1.27 bits per heavy atom. The molecule has 2 rings (SSSR count). The van der Waals surface area contributed by atoms with Gasteiger partial charge in [-0.2, -0.15) is 0 Å². The summed E-state index contributed by atoms with van der Waals surface area (Å²) >= 11 is 0. The van der Waals surface area contributed by atoms with Crippen molar-refractivity contribution >= 4 is 12.0 Å². The van der Waals surface area contributed by atoms with Gasteiger partial charge in [-0.15, -0.1) is 0 Å². The summed E-state index contributed by atoms with van der Waals surface area (Å²) in [6.45, 7) is 0.441. The number of carbonyl (C=O) groups excluding carboxylic acids is 1. The average Bonchev–Trinajstić information content (AvgIpc) is 2.58. The highest BCUT2D eigenvalue weighted by Gasteiger charge is 2.03. The van der Waals surface area contributed by atoms with E-state index in [1.807, 2.05) is 24.3 Å². The van der Waals surface area contributed by atoms with E-state index in [2.05, 4.69) is 10.3 Å². The molecule has 0 aliphatic rings. The second-order valence-corrected chi connectivity index (χ2v) is 4.52. The SMILES string of the molecule is COc1ccc(/C=C/C(=O)NCc2cccnc2)c(OC)c1. The maximum Gasteiger partial charge on any atom is 0.244 e. The smallest absolute Gasteiger partial charge is 0.244 e. The van der Waals surface area contributed by atoms with Crippen LogP contribution in [0.3, 0.4) is 0 Å². The third-order valence-corrected chi connectivity index (χ3v) is 3.04. The van der Waals surface area contributed by atoms with Gasteiger partial charge in [-0.25, -0.2) is 0 Å². The Kier molecular flexibility index (Phi) is 5.54. The van der Waals surface area contributed by atoms with Crippen LogP contribution in [0.5, 0.6) is 11.5 Å². The lowest BCUT2D eigenvalue weighted by molar-refractivity contribution is -0.116. The zero-order valence-electron chi connectivity index (χ0n) is 12.6. The number of hydrogen-bond donors (Lipinski definition) is 1. The number of rotatable bonds is 6. The van der Waals surface area contributed by atoms with Crippen molar-refractivity contribution in [3.8, 4) is 11.5 Å². The zero-order chi connectivity index (χ0) is 15.8. The minimum atomic E-state index is -0.179. The number of hydrogen-bond acceptors (Lipinski definition) is 4. The van der Waals surface area contributed by atoms with Gasteiger partial charge in [-0.1, -0.05) is 6.07 Å². The highest BCUT2D eigenvalue weighted by molar-refractivity contribution is 5.92. The summed E-state index contributed by atoms with van der Waals surface area (Å²) in [4.78, 5) is 15.8.